The van der Waals surface area contributed by atoms with E-state index in [4.69, 9.17) is 5.11 Å². The number of anilines is 1. The first-order valence-electron chi connectivity index (χ1n) is 5.59. The first kappa shape index (κ1) is 12.3. The molecule has 0 spiro atoms. The zero-order valence-electron chi connectivity index (χ0n) is 9.87. The van der Waals surface area contributed by atoms with Crippen molar-refractivity contribution in [2.24, 2.45) is 5.92 Å². The van der Waals surface area contributed by atoms with E-state index in [1.807, 2.05) is 4.90 Å². The summed E-state index contributed by atoms with van der Waals surface area (Å²) in [6.45, 7) is 2.59. The Kier molecular flexibility index (Phi) is 3.14. The summed E-state index contributed by atoms with van der Waals surface area (Å²) in [5.74, 6) is -0.597. The Morgan fingerprint density at radius 3 is 2.83 bits per heavy atom. The van der Waals surface area contributed by atoms with Crippen molar-refractivity contribution in [1.82, 2.24) is 4.98 Å². The van der Waals surface area contributed by atoms with Gasteiger partial charge in [0, 0.05) is 19.2 Å². The predicted molar refractivity (Wildman–Crippen MR) is 63.6 cm³/mol. The SMILES string of the molecule is Cc1nc(N2CCC(C(=O)O)C2)ccc1[N+](=O)[O-]. The normalized spacial score (nSPS) is 18.9. The number of aromatic nitrogens is 1. The lowest BCUT2D eigenvalue weighted by molar-refractivity contribution is -0.385. The van der Waals surface area contributed by atoms with Crippen LogP contribution in [-0.4, -0.2) is 34.1 Å². The molecule has 0 aliphatic carbocycles. The molecule has 0 amide bonds. The number of carbonyl (C=O) groups is 1. The fourth-order valence-corrected chi connectivity index (χ4v) is 2.08. The fourth-order valence-electron chi connectivity index (χ4n) is 2.08. The van der Waals surface area contributed by atoms with Gasteiger partial charge in [0.05, 0.1) is 10.8 Å². The highest BCUT2D eigenvalue weighted by atomic mass is 16.6. The predicted octanol–water partition coefficient (Wildman–Crippen LogP) is 1.21. The van der Waals surface area contributed by atoms with Crippen molar-refractivity contribution in [1.29, 1.82) is 0 Å². The number of hydrogen-bond donors (Lipinski definition) is 1. The van der Waals surface area contributed by atoms with Gasteiger partial charge in [-0.15, -0.1) is 0 Å². The van der Waals surface area contributed by atoms with E-state index in [1.165, 1.54) is 6.07 Å². The molecular weight excluding hydrogens is 238 g/mol. The third-order valence-electron chi connectivity index (χ3n) is 3.10. The molecule has 18 heavy (non-hydrogen) atoms. The van der Waals surface area contributed by atoms with Crippen LogP contribution in [0.1, 0.15) is 12.1 Å². The summed E-state index contributed by atoms with van der Waals surface area (Å²) in [6.07, 6.45) is 0.576. The number of carboxylic acids is 1. The van der Waals surface area contributed by atoms with Gasteiger partial charge >= 0.3 is 5.97 Å². The van der Waals surface area contributed by atoms with Crippen LogP contribution in [0.4, 0.5) is 11.5 Å². The minimum atomic E-state index is -0.809. The van der Waals surface area contributed by atoms with Gasteiger partial charge in [-0.1, -0.05) is 0 Å². The highest BCUT2D eigenvalue weighted by Crippen LogP contribution is 2.25. The molecule has 2 heterocycles. The minimum Gasteiger partial charge on any atom is -0.481 e. The highest BCUT2D eigenvalue weighted by molar-refractivity contribution is 5.71. The van der Waals surface area contributed by atoms with Gasteiger partial charge in [0.25, 0.3) is 5.69 Å². The van der Waals surface area contributed by atoms with E-state index in [1.54, 1.807) is 13.0 Å². The molecule has 2 rings (SSSR count). The smallest absolute Gasteiger partial charge is 0.308 e. The van der Waals surface area contributed by atoms with Crippen molar-refractivity contribution >= 4 is 17.5 Å². The van der Waals surface area contributed by atoms with Crippen molar-refractivity contribution in [2.45, 2.75) is 13.3 Å². The molecule has 96 valence electrons. The number of hydrogen-bond acceptors (Lipinski definition) is 5. The maximum absolute atomic E-state index is 10.9. The van der Waals surface area contributed by atoms with Crippen molar-refractivity contribution < 1.29 is 14.8 Å². The second-order valence-electron chi connectivity index (χ2n) is 4.30. The fraction of sp³-hybridized carbons (Fsp3) is 0.455. The first-order valence-corrected chi connectivity index (χ1v) is 5.59. The van der Waals surface area contributed by atoms with Crippen LogP contribution in [0.3, 0.4) is 0 Å². The summed E-state index contributed by atoms with van der Waals surface area (Å²) in [5, 5.41) is 19.6. The van der Waals surface area contributed by atoms with Gasteiger partial charge < -0.3 is 10.0 Å². The Labute approximate surface area is 103 Å². The molecule has 1 aliphatic rings. The standard InChI is InChI=1S/C11H13N3O4/c1-7-9(14(17)18)2-3-10(12-7)13-5-4-8(6-13)11(15)16/h2-3,8H,4-6H2,1H3,(H,15,16). The zero-order chi connectivity index (χ0) is 13.3. The number of rotatable bonds is 3. The van der Waals surface area contributed by atoms with Gasteiger partial charge in [-0.3, -0.25) is 14.9 Å². The van der Waals surface area contributed by atoms with Crippen molar-refractivity contribution in [3.63, 3.8) is 0 Å². The number of pyridine rings is 1. The van der Waals surface area contributed by atoms with Crippen LogP contribution < -0.4 is 4.90 Å². The van der Waals surface area contributed by atoms with E-state index in [2.05, 4.69) is 4.98 Å². The van der Waals surface area contributed by atoms with Gasteiger partial charge in [-0.25, -0.2) is 4.98 Å². The molecular formula is C11H13N3O4. The third-order valence-corrected chi connectivity index (χ3v) is 3.10. The third kappa shape index (κ3) is 2.24. The van der Waals surface area contributed by atoms with Crippen LogP contribution in [0.5, 0.6) is 0 Å². The minimum absolute atomic E-state index is 0.0206. The first-order chi connectivity index (χ1) is 8.49. The largest absolute Gasteiger partial charge is 0.481 e. The second kappa shape index (κ2) is 4.59. The molecule has 1 N–H and O–H groups in total. The monoisotopic (exact) mass is 251 g/mol. The van der Waals surface area contributed by atoms with E-state index < -0.39 is 10.9 Å². The topological polar surface area (TPSA) is 96.6 Å². The molecule has 1 unspecified atom stereocenters. The molecule has 0 saturated carbocycles. The summed E-state index contributed by atoms with van der Waals surface area (Å²) in [5.41, 5.74) is 0.323. The highest BCUT2D eigenvalue weighted by Gasteiger charge is 2.29. The molecule has 7 heteroatoms. The Balaban J connectivity index is 2.18. The van der Waals surface area contributed by atoms with Crippen LogP contribution in [0.25, 0.3) is 0 Å². The van der Waals surface area contributed by atoms with Gasteiger partial charge in [-0.05, 0) is 19.4 Å². The maximum Gasteiger partial charge on any atom is 0.308 e. The quantitative estimate of drug-likeness (QED) is 0.640. The van der Waals surface area contributed by atoms with E-state index in [0.717, 1.165) is 0 Å². The molecule has 0 aromatic carbocycles. The number of nitrogens with zero attached hydrogens (tertiary/aromatic N) is 3. The lowest BCUT2D eigenvalue weighted by Gasteiger charge is -2.16. The van der Waals surface area contributed by atoms with Crippen molar-refractivity contribution in [2.75, 3.05) is 18.0 Å². The molecule has 1 saturated heterocycles. The van der Waals surface area contributed by atoms with Crippen LogP contribution in [0, 0.1) is 23.0 Å². The van der Waals surface area contributed by atoms with Gasteiger partial charge in [0.15, 0.2) is 0 Å². The zero-order valence-corrected chi connectivity index (χ0v) is 9.87. The molecule has 0 bridgehead atoms. The van der Waals surface area contributed by atoms with E-state index in [-0.39, 0.29) is 11.6 Å². The number of aliphatic carboxylic acids is 1. The van der Waals surface area contributed by atoms with Gasteiger partial charge in [0.2, 0.25) is 0 Å². The van der Waals surface area contributed by atoms with Crippen LogP contribution >= 0.6 is 0 Å². The van der Waals surface area contributed by atoms with Gasteiger partial charge in [-0.2, -0.15) is 0 Å². The van der Waals surface area contributed by atoms with E-state index >= 15 is 0 Å². The van der Waals surface area contributed by atoms with Crippen LogP contribution in [-0.2, 0) is 4.79 Å². The van der Waals surface area contributed by atoms with Crippen molar-refractivity contribution in [3.8, 4) is 0 Å². The molecule has 0 radical (unpaired) electrons. The summed E-state index contributed by atoms with van der Waals surface area (Å²) >= 11 is 0. The molecule has 1 aromatic heterocycles. The molecule has 1 atom stereocenters. The average molecular weight is 251 g/mol. The lowest BCUT2D eigenvalue weighted by Crippen LogP contribution is -2.23. The Bertz CT molecular complexity index is 503. The molecule has 7 nitrogen and oxygen atoms in total. The average Bonchev–Trinajstić information content (AvgIpc) is 2.77. The number of aryl methyl sites for hydroxylation is 1. The molecule has 1 fully saturated rings. The molecule has 1 aromatic rings. The van der Waals surface area contributed by atoms with Crippen LogP contribution in [0.15, 0.2) is 12.1 Å². The Morgan fingerprint density at radius 1 is 1.61 bits per heavy atom. The van der Waals surface area contributed by atoms with Crippen LogP contribution in [0.2, 0.25) is 0 Å². The summed E-state index contributed by atoms with van der Waals surface area (Å²) in [4.78, 5) is 27.1. The Morgan fingerprint density at radius 2 is 2.33 bits per heavy atom. The summed E-state index contributed by atoms with van der Waals surface area (Å²) in [6, 6.07) is 2.97. The van der Waals surface area contributed by atoms with E-state index in [9.17, 15) is 14.9 Å². The maximum atomic E-state index is 10.9. The Hall–Kier alpha value is -2.18. The van der Waals surface area contributed by atoms with E-state index in [0.29, 0.717) is 31.0 Å². The van der Waals surface area contributed by atoms with Crippen molar-refractivity contribution in [3.05, 3.63) is 27.9 Å². The van der Waals surface area contributed by atoms with Gasteiger partial charge in [0.1, 0.15) is 11.5 Å². The summed E-state index contributed by atoms with van der Waals surface area (Å²) in [7, 11) is 0. The second-order valence-corrected chi connectivity index (χ2v) is 4.30. The number of carboxylic acid groups (broad SMARTS) is 1. The summed E-state index contributed by atoms with van der Waals surface area (Å²) < 4.78 is 0. The number of nitro groups is 1. The lowest BCUT2D eigenvalue weighted by atomic mass is 10.1. The molecule has 1 aliphatic heterocycles.